The molecule has 2 aliphatic rings. The van der Waals surface area contributed by atoms with Gasteiger partial charge in [0.15, 0.2) is 0 Å². The zero-order valence-electron chi connectivity index (χ0n) is 5.74. The van der Waals surface area contributed by atoms with E-state index in [9.17, 15) is 4.79 Å². The summed E-state index contributed by atoms with van der Waals surface area (Å²) in [6.45, 7) is 3.21. The zero-order chi connectivity index (χ0) is 7.03. The summed E-state index contributed by atoms with van der Waals surface area (Å²) in [6.07, 6.45) is 0. The maximum absolute atomic E-state index is 10.7. The fraction of sp³-hybridized carbons (Fsp3) is 0.833. The molecule has 4 heteroatoms. The molecule has 2 saturated heterocycles. The molecule has 2 aliphatic heterocycles. The van der Waals surface area contributed by atoms with Gasteiger partial charge in [-0.25, -0.2) is 0 Å². The van der Waals surface area contributed by atoms with Crippen molar-refractivity contribution in [3.8, 4) is 0 Å². The van der Waals surface area contributed by atoms with Crippen molar-refractivity contribution in [2.75, 3.05) is 26.2 Å². The molecule has 2 fully saturated rings. The highest BCUT2D eigenvalue weighted by Gasteiger charge is 2.39. The number of hydrogen-bond donors (Lipinski definition) is 3. The fourth-order valence-corrected chi connectivity index (χ4v) is 1.34. The largest absolute Gasteiger partial charge is 0.353 e. The number of amides is 1. The Balaban J connectivity index is 1.96. The van der Waals surface area contributed by atoms with Crippen LogP contribution in [0.3, 0.4) is 0 Å². The van der Waals surface area contributed by atoms with Crippen molar-refractivity contribution >= 4 is 5.91 Å². The predicted molar refractivity (Wildman–Crippen MR) is 36.6 cm³/mol. The third-order valence-electron chi connectivity index (χ3n) is 2.17. The second-order valence-electron chi connectivity index (χ2n) is 3.01. The van der Waals surface area contributed by atoms with Gasteiger partial charge in [-0.05, 0) is 0 Å². The summed E-state index contributed by atoms with van der Waals surface area (Å²) >= 11 is 0. The van der Waals surface area contributed by atoms with Crippen molar-refractivity contribution in [3.63, 3.8) is 0 Å². The van der Waals surface area contributed by atoms with Crippen LogP contribution in [0.1, 0.15) is 0 Å². The average molecular weight is 141 g/mol. The molecule has 4 nitrogen and oxygen atoms in total. The number of hydrogen-bond acceptors (Lipinski definition) is 3. The average Bonchev–Trinajstić information content (AvgIpc) is 1.86. The molecule has 0 unspecified atom stereocenters. The molecule has 0 aromatic carbocycles. The van der Waals surface area contributed by atoms with Gasteiger partial charge in [-0.1, -0.05) is 0 Å². The summed E-state index contributed by atoms with van der Waals surface area (Å²) in [5, 5.41) is 9.21. The second-order valence-corrected chi connectivity index (χ2v) is 3.01. The molecule has 0 saturated carbocycles. The third-order valence-corrected chi connectivity index (χ3v) is 2.17. The Labute approximate surface area is 59.4 Å². The van der Waals surface area contributed by atoms with Crippen molar-refractivity contribution in [3.05, 3.63) is 0 Å². The molecular formula is C6H11N3O. The third kappa shape index (κ3) is 0.803. The van der Waals surface area contributed by atoms with Gasteiger partial charge in [0.1, 0.15) is 0 Å². The molecule has 1 spiro atoms. The maximum atomic E-state index is 10.7. The van der Waals surface area contributed by atoms with Gasteiger partial charge >= 0.3 is 0 Å². The van der Waals surface area contributed by atoms with Crippen molar-refractivity contribution in [2.45, 2.75) is 5.54 Å². The highest BCUT2D eigenvalue weighted by atomic mass is 16.2. The lowest BCUT2D eigenvalue weighted by atomic mass is 9.91. The van der Waals surface area contributed by atoms with Crippen LogP contribution >= 0.6 is 0 Å². The summed E-state index contributed by atoms with van der Waals surface area (Å²) in [7, 11) is 0. The van der Waals surface area contributed by atoms with E-state index in [0.29, 0.717) is 6.54 Å². The summed E-state index contributed by atoms with van der Waals surface area (Å²) < 4.78 is 0. The molecule has 0 aliphatic carbocycles. The first kappa shape index (κ1) is 6.12. The van der Waals surface area contributed by atoms with Gasteiger partial charge in [0.05, 0.1) is 12.1 Å². The second kappa shape index (κ2) is 1.93. The Hall–Kier alpha value is -0.610. The monoisotopic (exact) mass is 141 g/mol. The van der Waals surface area contributed by atoms with E-state index in [2.05, 4.69) is 16.0 Å². The van der Waals surface area contributed by atoms with Gasteiger partial charge in [-0.2, -0.15) is 0 Å². The quantitative estimate of drug-likeness (QED) is 0.367. The van der Waals surface area contributed by atoms with Gasteiger partial charge in [-0.15, -0.1) is 0 Å². The van der Waals surface area contributed by atoms with E-state index in [4.69, 9.17) is 0 Å². The van der Waals surface area contributed by atoms with Crippen LogP contribution in [-0.4, -0.2) is 37.6 Å². The molecule has 2 heterocycles. The SMILES string of the molecule is O=C1CNC2(CNC2)CN1. The first-order valence-corrected chi connectivity index (χ1v) is 3.53. The van der Waals surface area contributed by atoms with Crippen LogP contribution in [0, 0.1) is 0 Å². The van der Waals surface area contributed by atoms with Gasteiger partial charge < -0.3 is 10.6 Å². The number of carbonyl (C=O) groups is 1. The molecule has 0 bridgehead atoms. The molecule has 2 rings (SSSR count). The van der Waals surface area contributed by atoms with Crippen LogP contribution < -0.4 is 16.0 Å². The summed E-state index contributed by atoms with van der Waals surface area (Å²) in [5.41, 5.74) is 0.188. The standard InChI is InChI=1S/C6H11N3O/c10-5-1-9-6(4-8-5)2-7-3-6/h7,9H,1-4H2,(H,8,10). The van der Waals surface area contributed by atoms with E-state index in [0.717, 1.165) is 19.6 Å². The minimum absolute atomic E-state index is 0.109. The molecule has 10 heavy (non-hydrogen) atoms. The van der Waals surface area contributed by atoms with E-state index < -0.39 is 0 Å². The molecule has 0 atom stereocenters. The highest BCUT2D eigenvalue weighted by molar-refractivity contribution is 5.79. The van der Waals surface area contributed by atoms with Crippen molar-refractivity contribution < 1.29 is 4.79 Å². The fourth-order valence-electron chi connectivity index (χ4n) is 1.34. The van der Waals surface area contributed by atoms with Crippen LogP contribution in [0.25, 0.3) is 0 Å². The number of carbonyl (C=O) groups excluding carboxylic acids is 1. The van der Waals surface area contributed by atoms with Crippen molar-refractivity contribution in [1.29, 1.82) is 0 Å². The minimum Gasteiger partial charge on any atom is -0.353 e. The van der Waals surface area contributed by atoms with Crippen LogP contribution in [0.4, 0.5) is 0 Å². The van der Waals surface area contributed by atoms with Crippen LogP contribution in [0.2, 0.25) is 0 Å². The lowest BCUT2D eigenvalue weighted by Crippen LogP contribution is -2.75. The number of piperazine rings is 1. The summed E-state index contributed by atoms with van der Waals surface area (Å²) in [5.74, 6) is 0.109. The van der Waals surface area contributed by atoms with Gasteiger partial charge in [-0.3, -0.25) is 10.1 Å². The first-order valence-electron chi connectivity index (χ1n) is 3.53. The lowest BCUT2D eigenvalue weighted by molar-refractivity contribution is -0.123. The molecule has 0 aromatic heterocycles. The maximum Gasteiger partial charge on any atom is 0.234 e. The van der Waals surface area contributed by atoms with Crippen molar-refractivity contribution in [1.82, 2.24) is 16.0 Å². The van der Waals surface area contributed by atoms with Crippen LogP contribution in [0.5, 0.6) is 0 Å². The Morgan fingerprint density at radius 1 is 1.30 bits per heavy atom. The zero-order valence-corrected chi connectivity index (χ0v) is 5.74. The number of rotatable bonds is 0. The van der Waals surface area contributed by atoms with Crippen LogP contribution in [0.15, 0.2) is 0 Å². The minimum atomic E-state index is 0.109. The van der Waals surface area contributed by atoms with Gasteiger partial charge in [0.25, 0.3) is 0 Å². The van der Waals surface area contributed by atoms with E-state index in [1.165, 1.54) is 0 Å². The first-order chi connectivity index (χ1) is 4.81. The summed E-state index contributed by atoms with van der Waals surface area (Å²) in [4.78, 5) is 10.7. The summed E-state index contributed by atoms with van der Waals surface area (Å²) in [6, 6.07) is 0. The molecular weight excluding hydrogens is 130 g/mol. The molecule has 0 aromatic rings. The number of nitrogens with one attached hydrogen (secondary N) is 3. The van der Waals surface area contributed by atoms with E-state index >= 15 is 0 Å². The normalized spacial score (nSPS) is 29.4. The smallest absolute Gasteiger partial charge is 0.234 e. The van der Waals surface area contributed by atoms with E-state index in [1.807, 2.05) is 0 Å². The molecule has 1 amide bonds. The Morgan fingerprint density at radius 3 is 2.50 bits per heavy atom. The topological polar surface area (TPSA) is 53.2 Å². The molecule has 3 N–H and O–H groups in total. The Morgan fingerprint density at radius 2 is 2.10 bits per heavy atom. The van der Waals surface area contributed by atoms with Crippen molar-refractivity contribution in [2.24, 2.45) is 0 Å². The lowest BCUT2D eigenvalue weighted by Gasteiger charge is -2.45. The predicted octanol–water partition coefficient (Wildman–Crippen LogP) is -1.95. The highest BCUT2D eigenvalue weighted by Crippen LogP contribution is 2.10. The van der Waals surface area contributed by atoms with Gasteiger partial charge in [0, 0.05) is 19.6 Å². The Kier molecular flexibility index (Phi) is 1.18. The van der Waals surface area contributed by atoms with E-state index in [1.54, 1.807) is 0 Å². The molecule has 56 valence electrons. The van der Waals surface area contributed by atoms with Crippen LogP contribution in [-0.2, 0) is 4.79 Å². The molecule has 0 radical (unpaired) electrons. The van der Waals surface area contributed by atoms with E-state index in [-0.39, 0.29) is 11.4 Å². The van der Waals surface area contributed by atoms with Gasteiger partial charge in [0.2, 0.25) is 5.91 Å². The Bertz CT molecular complexity index is 152.